The van der Waals surface area contributed by atoms with Crippen molar-refractivity contribution in [3.8, 4) is 0 Å². The van der Waals surface area contributed by atoms with E-state index in [4.69, 9.17) is 0 Å². The first kappa shape index (κ1) is 21.2. The maximum absolute atomic E-state index is 11.6. The van der Waals surface area contributed by atoms with Gasteiger partial charge in [0, 0.05) is 60.1 Å². The molecule has 2 heterocycles. The molecule has 0 saturated carbocycles. The summed E-state index contributed by atoms with van der Waals surface area (Å²) in [4.78, 5) is 6.49. The number of benzene rings is 2. The second-order valence-electron chi connectivity index (χ2n) is 8.25. The number of anilines is 2. The molecule has 31 heavy (non-hydrogen) atoms. The Bertz CT molecular complexity index is 1220. The summed E-state index contributed by atoms with van der Waals surface area (Å²) in [7, 11) is -3.31. The number of hydrogen-bond acceptors (Lipinski definition) is 5. The lowest BCUT2D eigenvalue weighted by atomic mass is 10.00. The lowest BCUT2D eigenvalue weighted by molar-refractivity contribution is 0.273. The molecule has 2 N–H and O–H groups in total. The minimum Gasteiger partial charge on any atom is -0.381 e. The minimum atomic E-state index is -3.31. The van der Waals surface area contributed by atoms with Gasteiger partial charge in [-0.05, 0) is 42.7 Å². The molecule has 162 valence electrons. The third-order valence-electron chi connectivity index (χ3n) is 5.69. The van der Waals surface area contributed by atoms with E-state index in [0.29, 0.717) is 18.3 Å². The first-order chi connectivity index (χ1) is 14.8. The molecular formula is C24H28N4O2S. The zero-order valence-electron chi connectivity index (χ0n) is 17.9. The van der Waals surface area contributed by atoms with Crippen LogP contribution in [-0.2, 0) is 16.6 Å². The number of likely N-dealkylation sites (tertiary alicyclic amines) is 1. The maximum Gasteiger partial charge on any atom is 0.229 e. The zero-order valence-corrected chi connectivity index (χ0v) is 18.7. The maximum atomic E-state index is 11.6. The van der Waals surface area contributed by atoms with Gasteiger partial charge >= 0.3 is 0 Å². The van der Waals surface area contributed by atoms with Crippen molar-refractivity contribution >= 4 is 32.2 Å². The summed E-state index contributed by atoms with van der Waals surface area (Å²) < 4.78 is 25.9. The van der Waals surface area contributed by atoms with Crippen LogP contribution in [0.4, 0.5) is 11.4 Å². The first-order valence-corrected chi connectivity index (χ1v) is 12.3. The molecule has 0 bridgehead atoms. The number of nitrogens with one attached hydrogen (secondary N) is 2. The summed E-state index contributed by atoms with van der Waals surface area (Å²) in [6.07, 6.45) is 6.74. The molecule has 1 fully saturated rings. The third-order valence-corrected chi connectivity index (χ3v) is 6.28. The van der Waals surface area contributed by atoms with E-state index >= 15 is 0 Å². The van der Waals surface area contributed by atoms with Crippen LogP contribution in [0.25, 0.3) is 10.8 Å². The molecule has 6 nitrogen and oxygen atoms in total. The first-order valence-electron chi connectivity index (χ1n) is 10.4. The van der Waals surface area contributed by atoms with Gasteiger partial charge in [0.25, 0.3) is 0 Å². The molecule has 7 heteroatoms. The van der Waals surface area contributed by atoms with Crippen molar-refractivity contribution in [1.29, 1.82) is 0 Å². The van der Waals surface area contributed by atoms with Crippen molar-refractivity contribution in [2.24, 2.45) is 0 Å². The topological polar surface area (TPSA) is 74.3 Å². The normalized spacial score (nSPS) is 17.0. The lowest BCUT2D eigenvalue weighted by Gasteiger charge is -2.36. The van der Waals surface area contributed by atoms with Crippen LogP contribution in [0.3, 0.4) is 0 Å². The molecule has 0 spiro atoms. The van der Waals surface area contributed by atoms with E-state index in [-0.39, 0.29) is 0 Å². The zero-order chi connectivity index (χ0) is 22.0. The van der Waals surface area contributed by atoms with Gasteiger partial charge in [-0.25, -0.2) is 8.42 Å². The fourth-order valence-corrected chi connectivity index (χ4v) is 4.68. The SMILES string of the molecule is C=C1CC(Nc2cccc3cnccc23)CCN1Cc1ccc(C)c(NS(C)(=O)=O)c1. The molecule has 3 aromatic rings. The van der Waals surface area contributed by atoms with Crippen LogP contribution in [0.5, 0.6) is 0 Å². The number of sulfonamides is 1. The average molecular weight is 437 g/mol. The number of rotatable bonds is 6. The molecule has 1 aromatic heterocycles. The molecule has 1 atom stereocenters. The Kier molecular flexibility index (Phi) is 5.87. The van der Waals surface area contributed by atoms with Crippen LogP contribution in [0.1, 0.15) is 24.0 Å². The van der Waals surface area contributed by atoms with Gasteiger partial charge in [-0.2, -0.15) is 0 Å². The van der Waals surface area contributed by atoms with Crippen LogP contribution >= 0.6 is 0 Å². The Hall–Kier alpha value is -3.06. The van der Waals surface area contributed by atoms with Crippen molar-refractivity contribution in [2.45, 2.75) is 32.4 Å². The molecule has 0 radical (unpaired) electrons. The molecular weight excluding hydrogens is 408 g/mol. The Balaban J connectivity index is 1.42. The number of aromatic nitrogens is 1. The summed E-state index contributed by atoms with van der Waals surface area (Å²) in [6, 6.07) is 14.5. The molecule has 0 amide bonds. The fraction of sp³-hybridized carbons (Fsp3) is 0.292. The second kappa shape index (κ2) is 8.59. The monoisotopic (exact) mass is 436 g/mol. The van der Waals surface area contributed by atoms with Crippen LogP contribution in [0, 0.1) is 6.92 Å². The summed E-state index contributed by atoms with van der Waals surface area (Å²) in [6.45, 7) is 7.82. The smallest absolute Gasteiger partial charge is 0.229 e. The highest BCUT2D eigenvalue weighted by Crippen LogP contribution is 2.29. The number of pyridine rings is 1. The predicted molar refractivity (Wildman–Crippen MR) is 128 cm³/mol. The largest absolute Gasteiger partial charge is 0.381 e. The van der Waals surface area contributed by atoms with E-state index in [2.05, 4.69) is 44.7 Å². The molecule has 1 unspecified atom stereocenters. The standard InChI is InChI=1S/C24H28N4O2S/c1-17-7-8-19(14-24(17)27-31(3,29)30)16-28-12-10-21(13-18(28)2)26-23-6-4-5-20-15-25-11-9-22(20)23/h4-9,11,14-15,21,26-27H,2,10,12-13,16H2,1,3H3. The highest BCUT2D eigenvalue weighted by atomic mass is 32.2. The van der Waals surface area contributed by atoms with E-state index < -0.39 is 10.0 Å². The van der Waals surface area contributed by atoms with Gasteiger partial charge in [0.15, 0.2) is 0 Å². The van der Waals surface area contributed by atoms with E-state index in [1.165, 1.54) is 11.6 Å². The van der Waals surface area contributed by atoms with E-state index in [9.17, 15) is 8.42 Å². The van der Waals surface area contributed by atoms with Gasteiger partial charge in [-0.3, -0.25) is 9.71 Å². The van der Waals surface area contributed by atoms with Crippen LogP contribution in [0.2, 0.25) is 0 Å². The van der Waals surface area contributed by atoms with E-state index in [0.717, 1.165) is 47.3 Å². The van der Waals surface area contributed by atoms with Crippen molar-refractivity contribution in [2.75, 3.05) is 22.8 Å². The molecule has 0 aliphatic carbocycles. The average Bonchev–Trinajstić information content (AvgIpc) is 2.72. The van der Waals surface area contributed by atoms with Crippen molar-refractivity contribution in [3.63, 3.8) is 0 Å². The van der Waals surface area contributed by atoms with Gasteiger partial charge in [0.2, 0.25) is 10.0 Å². The highest BCUT2D eigenvalue weighted by Gasteiger charge is 2.22. The molecule has 4 rings (SSSR count). The van der Waals surface area contributed by atoms with Gasteiger partial charge in [-0.15, -0.1) is 0 Å². The Labute approximate surface area is 184 Å². The third kappa shape index (κ3) is 5.17. The Morgan fingerprint density at radius 2 is 2.03 bits per heavy atom. The van der Waals surface area contributed by atoms with Crippen molar-refractivity contribution in [3.05, 3.63) is 78.3 Å². The Morgan fingerprint density at radius 3 is 2.81 bits per heavy atom. The molecule has 1 aliphatic heterocycles. The number of hydrogen-bond donors (Lipinski definition) is 2. The molecule has 2 aromatic carbocycles. The number of fused-ring (bicyclic) bond motifs is 1. The summed E-state index contributed by atoms with van der Waals surface area (Å²) in [5.74, 6) is 0. The minimum absolute atomic E-state index is 0.322. The van der Waals surface area contributed by atoms with Gasteiger partial charge < -0.3 is 10.2 Å². The summed E-state index contributed by atoms with van der Waals surface area (Å²) >= 11 is 0. The molecule has 1 saturated heterocycles. The lowest BCUT2D eigenvalue weighted by Crippen LogP contribution is -2.36. The molecule has 1 aliphatic rings. The van der Waals surface area contributed by atoms with Crippen LogP contribution in [0.15, 0.2) is 67.1 Å². The second-order valence-corrected chi connectivity index (χ2v) is 10.00. The van der Waals surface area contributed by atoms with Gasteiger partial charge in [0.1, 0.15) is 0 Å². The fourth-order valence-electron chi connectivity index (χ4n) is 4.07. The van der Waals surface area contributed by atoms with E-state index in [1.54, 1.807) is 0 Å². The van der Waals surface area contributed by atoms with Crippen molar-refractivity contribution in [1.82, 2.24) is 9.88 Å². The summed E-state index contributed by atoms with van der Waals surface area (Å²) in [5.41, 5.74) is 4.81. The van der Waals surface area contributed by atoms with Gasteiger partial charge in [-0.1, -0.05) is 30.8 Å². The summed E-state index contributed by atoms with van der Waals surface area (Å²) in [5, 5.41) is 5.99. The predicted octanol–water partition coefficient (Wildman–Crippen LogP) is 4.50. The van der Waals surface area contributed by atoms with Gasteiger partial charge in [0.05, 0.1) is 11.9 Å². The van der Waals surface area contributed by atoms with Crippen LogP contribution < -0.4 is 10.0 Å². The highest BCUT2D eigenvalue weighted by molar-refractivity contribution is 7.92. The quantitative estimate of drug-likeness (QED) is 0.595. The number of nitrogens with zero attached hydrogens (tertiary/aromatic N) is 2. The van der Waals surface area contributed by atoms with E-state index in [1.807, 2.05) is 43.6 Å². The number of aryl methyl sites for hydroxylation is 1. The Morgan fingerprint density at radius 1 is 1.19 bits per heavy atom. The number of piperidine rings is 1. The van der Waals surface area contributed by atoms with Crippen LogP contribution in [-0.4, -0.2) is 37.1 Å². The van der Waals surface area contributed by atoms with Crippen molar-refractivity contribution < 1.29 is 8.42 Å².